The minimum atomic E-state index is -0.789. The SMILES string of the molecule is O=C(CC1(O)CCCC1)NCCCCc1ccc([N+](=O)[O-])cc1. The van der Waals surface area contributed by atoms with E-state index in [2.05, 4.69) is 5.32 Å². The highest BCUT2D eigenvalue weighted by Crippen LogP contribution is 2.32. The first kappa shape index (κ1) is 17.4. The first-order valence-corrected chi connectivity index (χ1v) is 8.21. The Kier molecular flexibility index (Phi) is 6.10. The summed E-state index contributed by atoms with van der Waals surface area (Å²) in [5.41, 5.74) is 0.371. The molecule has 0 aliphatic heterocycles. The van der Waals surface area contributed by atoms with E-state index < -0.39 is 10.5 Å². The van der Waals surface area contributed by atoms with Crippen molar-refractivity contribution in [1.82, 2.24) is 5.32 Å². The molecule has 1 aromatic carbocycles. The van der Waals surface area contributed by atoms with Crippen LogP contribution in [-0.2, 0) is 11.2 Å². The fraction of sp³-hybridized carbons (Fsp3) is 0.588. The van der Waals surface area contributed by atoms with Crippen molar-refractivity contribution < 1.29 is 14.8 Å². The van der Waals surface area contributed by atoms with Crippen molar-refractivity contribution in [3.63, 3.8) is 0 Å². The maximum absolute atomic E-state index is 11.8. The number of aryl methyl sites for hydroxylation is 1. The van der Waals surface area contributed by atoms with Gasteiger partial charge in [-0.3, -0.25) is 14.9 Å². The summed E-state index contributed by atoms with van der Waals surface area (Å²) >= 11 is 0. The number of rotatable bonds is 8. The third-order valence-electron chi connectivity index (χ3n) is 4.39. The fourth-order valence-electron chi connectivity index (χ4n) is 3.04. The van der Waals surface area contributed by atoms with Crippen LogP contribution in [0.15, 0.2) is 24.3 Å². The van der Waals surface area contributed by atoms with Crippen LogP contribution in [0.25, 0.3) is 0 Å². The van der Waals surface area contributed by atoms with E-state index in [9.17, 15) is 20.0 Å². The second kappa shape index (κ2) is 8.06. The van der Waals surface area contributed by atoms with Crippen molar-refractivity contribution in [3.05, 3.63) is 39.9 Å². The molecule has 1 amide bonds. The van der Waals surface area contributed by atoms with Gasteiger partial charge in [-0.2, -0.15) is 0 Å². The van der Waals surface area contributed by atoms with Crippen LogP contribution in [-0.4, -0.2) is 28.1 Å². The molecule has 0 atom stereocenters. The first-order chi connectivity index (χ1) is 11.0. The standard InChI is InChI=1S/C17H24N2O4/c20-16(13-17(21)10-2-3-11-17)18-12-4-1-5-14-6-8-15(9-7-14)19(22)23/h6-9,21H,1-5,10-13H2,(H,18,20). The number of carbonyl (C=O) groups is 1. The van der Waals surface area contributed by atoms with Gasteiger partial charge in [0.2, 0.25) is 5.91 Å². The minimum Gasteiger partial charge on any atom is -0.389 e. The van der Waals surface area contributed by atoms with Gasteiger partial charge in [-0.25, -0.2) is 0 Å². The van der Waals surface area contributed by atoms with Gasteiger partial charge in [0.1, 0.15) is 0 Å². The quantitative estimate of drug-likeness (QED) is 0.437. The third-order valence-corrected chi connectivity index (χ3v) is 4.39. The lowest BCUT2D eigenvalue weighted by Gasteiger charge is -2.21. The Hall–Kier alpha value is -1.95. The maximum atomic E-state index is 11.8. The van der Waals surface area contributed by atoms with Gasteiger partial charge in [0.05, 0.1) is 16.9 Å². The number of unbranched alkanes of at least 4 members (excludes halogenated alkanes) is 1. The molecule has 0 heterocycles. The van der Waals surface area contributed by atoms with Crippen LogP contribution in [0.5, 0.6) is 0 Å². The van der Waals surface area contributed by atoms with Crippen molar-refractivity contribution in [2.45, 2.75) is 57.0 Å². The largest absolute Gasteiger partial charge is 0.389 e. The number of non-ortho nitro benzene ring substituents is 1. The highest BCUT2D eigenvalue weighted by atomic mass is 16.6. The highest BCUT2D eigenvalue weighted by molar-refractivity contribution is 5.77. The summed E-state index contributed by atoms with van der Waals surface area (Å²) in [6.07, 6.45) is 6.23. The molecule has 1 saturated carbocycles. The number of nitrogens with zero attached hydrogens (tertiary/aromatic N) is 1. The molecule has 2 rings (SSSR count). The number of aliphatic hydroxyl groups is 1. The Morgan fingerprint density at radius 3 is 2.48 bits per heavy atom. The molecule has 23 heavy (non-hydrogen) atoms. The van der Waals surface area contributed by atoms with E-state index in [1.165, 1.54) is 12.1 Å². The van der Waals surface area contributed by atoms with Gasteiger partial charge in [0.15, 0.2) is 0 Å². The summed E-state index contributed by atoms with van der Waals surface area (Å²) < 4.78 is 0. The van der Waals surface area contributed by atoms with Gasteiger partial charge in [0.25, 0.3) is 5.69 Å². The molecule has 6 nitrogen and oxygen atoms in total. The smallest absolute Gasteiger partial charge is 0.269 e. The summed E-state index contributed by atoms with van der Waals surface area (Å²) in [7, 11) is 0. The molecule has 0 aromatic heterocycles. The number of carbonyl (C=O) groups excluding carboxylic acids is 1. The number of amides is 1. The van der Waals surface area contributed by atoms with E-state index >= 15 is 0 Å². The predicted molar refractivity (Wildman–Crippen MR) is 87.1 cm³/mol. The lowest BCUT2D eigenvalue weighted by Crippen LogP contribution is -2.35. The molecule has 6 heteroatoms. The van der Waals surface area contributed by atoms with Crippen molar-refractivity contribution in [3.8, 4) is 0 Å². The molecular formula is C17H24N2O4. The lowest BCUT2D eigenvalue weighted by atomic mass is 9.97. The van der Waals surface area contributed by atoms with E-state index in [1.807, 2.05) is 0 Å². The van der Waals surface area contributed by atoms with Gasteiger partial charge < -0.3 is 10.4 Å². The fourth-order valence-corrected chi connectivity index (χ4v) is 3.04. The average Bonchev–Trinajstić information content (AvgIpc) is 2.93. The molecule has 0 radical (unpaired) electrons. The highest BCUT2D eigenvalue weighted by Gasteiger charge is 2.33. The second-order valence-corrected chi connectivity index (χ2v) is 6.34. The van der Waals surface area contributed by atoms with Crippen LogP contribution >= 0.6 is 0 Å². The Balaban J connectivity index is 1.60. The number of nitro groups is 1. The summed E-state index contributed by atoms with van der Waals surface area (Å²) in [5, 5.41) is 23.6. The van der Waals surface area contributed by atoms with Crippen LogP contribution in [0.4, 0.5) is 5.69 Å². The molecule has 1 fully saturated rings. The van der Waals surface area contributed by atoms with Crippen molar-refractivity contribution in [2.24, 2.45) is 0 Å². The van der Waals surface area contributed by atoms with Crippen molar-refractivity contribution in [2.75, 3.05) is 6.54 Å². The van der Waals surface area contributed by atoms with Crippen LogP contribution in [0.1, 0.15) is 50.5 Å². The van der Waals surface area contributed by atoms with Crippen molar-refractivity contribution >= 4 is 11.6 Å². The number of hydrogen-bond donors (Lipinski definition) is 2. The van der Waals surface area contributed by atoms with Gasteiger partial charge >= 0.3 is 0 Å². The minimum absolute atomic E-state index is 0.0789. The van der Waals surface area contributed by atoms with E-state index in [1.54, 1.807) is 12.1 Å². The van der Waals surface area contributed by atoms with Crippen LogP contribution in [0.3, 0.4) is 0 Å². The third kappa shape index (κ3) is 5.63. The molecule has 0 bridgehead atoms. The van der Waals surface area contributed by atoms with Gasteiger partial charge in [-0.05, 0) is 37.7 Å². The summed E-state index contributed by atoms with van der Waals surface area (Å²) in [6.45, 7) is 0.599. The Bertz CT molecular complexity index is 536. The predicted octanol–water partition coefficient (Wildman–Crippen LogP) is 2.73. The monoisotopic (exact) mass is 320 g/mol. The topological polar surface area (TPSA) is 92.5 Å². The molecule has 1 aromatic rings. The number of benzene rings is 1. The van der Waals surface area contributed by atoms with E-state index in [0.29, 0.717) is 6.54 Å². The zero-order valence-electron chi connectivity index (χ0n) is 13.3. The first-order valence-electron chi connectivity index (χ1n) is 8.21. The molecule has 0 unspecified atom stereocenters. The van der Waals surface area contributed by atoms with E-state index in [-0.39, 0.29) is 18.0 Å². The average molecular weight is 320 g/mol. The second-order valence-electron chi connectivity index (χ2n) is 6.34. The summed E-state index contributed by atoms with van der Waals surface area (Å²) in [6, 6.07) is 6.57. The van der Waals surface area contributed by atoms with Crippen LogP contribution in [0.2, 0.25) is 0 Å². The molecule has 0 spiro atoms. The molecule has 1 aliphatic rings. The molecular weight excluding hydrogens is 296 g/mol. The summed E-state index contributed by atoms with van der Waals surface area (Å²) in [5.74, 6) is -0.0789. The van der Waals surface area contributed by atoms with Crippen LogP contribution in [0, 0.1) is 10.1 Å². The van der Waals surface area contributed by atoms with Crippen LogP contribution < -0.4 is 5.32 Å². The van der Waals surface area contributed by atoms with Gasteiger partial charge in [-0.1, -0.05) is 25.0 Å². The van der Waals surface area contributed by atoms with E-state index in [4.69, 9.17) is 0 Å². The lowest BCUT2D eigenvalue weighted by molar-refractivity contribution is -0.384. The number of hydrogen-bond acceptors (Lipinski definition) is 4. The van der Waals surface area contributed by atoms with Crippen molar-refractivity contribution in [1.29, 1.82) is 0 Å². The Morgan fingerprint density at radius 1 is 1.22 bits per heavy atom. The number of nitrogens with one attached hydrogen (secondary N) is 1. The number of nitro benzene ring substituents is 1. The van der Waals surface area contributed by atoms with Gasteiger partial charge in [0, 0.05) is 18.7 Å². The van der Waals surface area contributed by atoms with Gasteiger partial charge in [-0.15, -0.1) is 0 Å². The summed E-state index contributed by atoms with van der Waals surface area (Å²) in [4.78, 5) is 22.0. The zero-order valence-corrected chi connectivity index (χ0v) is 13.3. The Morgan fingerprint density at radius 2 is 1.87 bits per heavy atom. The van der Waals surface area contributed by atoms with E-state index in [0.717, 1.165) is 50.5 Å². The molecule has 1 aliphatic carbocycles. The maximum Gasteiger partial charge on any atom is 0.269 e. The normalized spacial score (nSPS) is 16.2. The molecule has 0 saturated heterocycles. The molecule has 2 N–H and O–H groups in total. The Labute approximate surface area is 136 Å². The molecule has 126 valence electrons. The zero-order chi connectivity index (χ0) is 16.7.